The van der Waals surface area contributed by atoms with Crippen LogP contribution in [0.3, 0.4) is 0 Å². The van der Waals surface area contributed by atoms with Gasteiger partial charge in [0.25, 0.3) is 0 Å². The molecule has 0 bridgehead atoms. The van der Waals surface area contributed by atoms with Crippen molar-refractivity contribution in [1.29, 1.82) is 0 Å². The maximum Gasteiger partial charge on any atom is 0.115 e. The summed E-state index contributed by atoms with van der Waals surface area (Å²) in [7, 11) is 0.966. The van der Waals surface area contributed by atoms with Crippen LogP contribution in [0.5, 0.6) is 0 Å². The van der Waals surface area contributed by atoms with Crippen molar-refractivity contribution in [3.8, 4) is 0 Å². The molecule has 0 aromatic carbocycles. The summed E-state index contributed by atoms with van der Waals surface area (Å²) in [4.78, 5) is 0. The van der Waals surface area contributed by atoms with Gasteiger partial charge in [0, 0.05) is 28.3 Å². The summed E-state index contributed by atoms with van der Waals surface area (Å²) in [6.07, 6.45) is 2.98. The van der Waals surface area contributed by atoms with Crippen molar-refractivity contribution in [2.75, 3.05) is 13.3 Å². The summed E-state index contributed by atoms with van der Waals surface area (Å²) in [6.45, 7) is 0. The minimum atomic E-state index is -0.796. The molecule has 0 heterocycles. The molecule has 0 aliphatic heterocycles. The second kappa shape index (κ2) is 4.33. The van der Waals surface area contributed by atoms with Gasteiger partial charge in [-0.25, -0.2) is 4.39 Å². The van der Waals surface area contributed by atoms with E-state index in [0.717, 1.165) is 6.42 Å². The molecular formula is C8H16FNOS. The Morgan fingerprint density at radius 3 is 2.67 bits per heavy atom. The Morgan fingerprint density at radius 1 is 1.50 bits per heavy atom. The summed E-state index contributed by atoms with van der Waals surface area (Å²) >= 11 is 0. The van der Waals surface area contributed by atoms with Gasteiger partial charge in [0.2, 0.25) is 0 Å². The molecule has 1 saturated carbocycles. The van der Waals surface area contributed by atoms with Crippen molar-refractivity contribution >= 4 is 10.8 Å². The van der Waals surface area contributed by atoms with Crippen LogP contribution in [0.25, 0.3) is 0 Å². The number of nitrogens with one attached hydrogen (secondary N) is 1. The fraction of sp³-hybridized carbons (Fsp3) is 1.00. The summed E-state index contributed by atoms with van der Waals surface area (Å²) in [5, 5.41) is 3.12. The summed E-state index contributed by atoms with van der Waals surface area (Å²) in [6, 6.07) is -0.0901. The van der Waals surface area contributed by atoms with Crippen molar-refractivity contribution in [3.63, 3.8) is 0 Å². The average molecular weight is 193 g/mol. The van der Waals surface area contributed by atoms with Gasteiger partial charge < -0.3 is 5.32 Å². The van der Waals surface area contributed by atoms with Crippen LogP contribution < -0.4 is 5.32 Å². The Kier molecular flexibility index (Phi) is 3.65. The third-order valence-corrected chi connectivity index (χ3v) is 3.93. The zero-order chi connectivity index (χ0) is 9.14. The summed E-state index contributed by atoms with van der Waals surface area (Å²) in [5.41, 5.74) is 0. The van der Waals surface area contributed by atoms with E-state index in [0.29, 0.717) is 12.8 Å². The highest BCUT2D eigenvalue weighted by Crippen LogP contribution is 2.24. The van der Waals surface area contributed by atoms with E-state index in [1.807, 2.05) is 0 Å². The zero-order valence-electron chi connectivity index (χ0n) is 7.55. The zero-order valence-corrected chi connectivity index (χ0v) is 8.36. The van der Waals surface area contributed by atoms with E-state index in [1.165, 1.54) is 0 Å². The number of halogens is 1. The standard InChI is InChI=1S/C8H16FNOS/c1-10-8-5-6(12(2)11)3-4-7(8)9/h6-8,10H,3-5H2,1-2H3. The lowest BCUT2D eigenvalue weighted by atomic mass is 9.93. The Hall–Kier alpha value is 0.0400. The third-order valence-electron chi connectivity index (χ3n) is 2.56. The number of hydrogen-bond donors (Lipinski definition) is 1. The van der Waals surface area contributed by atoms with Crippen molar-refractivity contribution in [1.82, 2.24) is 5.32 Å². The van der Waals surface area contributed by atoms with E-state index in [1.54, 1.807) is 13.3 Å². The molecule has 1 rings (SSSR count). The fourth-order valence-corrected chi connectivity index (χ4v) is 2.64. The van der Waals surface area contributed by atoms with Crippen LogP contribution in [0.15, 0.2) is 0 Å². The Labute approximate surface area is 75.4 Å². The SMILES string of the molecule is CNC1CC(S(C)=O)CCC1F. The Morgan fingerprint density at radius 2 is 2.17 bits per heavy atom. The first-order chi connectivity index (χ1) is 5.65. The van der Waals surface area contributed by atoms with E-state index < -0.39 is 17.0 Å². The van der Waals surface area contributed by atoms with Gasteiger partial charge in [-0.1, -0.05) is 0 Å². The van der Waals surface area contributed by atoms with E-state index in [-0.39, 0.29) is 11.3 Å². The van der Waals surface area contributed by atoms with Crippen molar-refractivity contribution < 1.29 is 8.60 Å². The molecule has 0 aromatic rings. The van der Waals surface area contributed by atoms with Crippen LogP contribution in [0.2, 0.25) is 0 Å². The van der Waals surface area contributed by atoms with Crippen LogP contribution in [-0.2, 0) is 10.8 Å². The largest absolute Gasteiger partial charge is 0.314 e. The third kappa shape index (κ3) is 2.26. The van der Waals surface area contributed by atoms with Gasteiger partial charge in [-0.05, 0) is 26.3 Å². The molecule has 0 spiro atoms. The highest BCUT2D eigenvalue weighted by atomic mass is 32.2. The monoisotopic (exact) mass is 193 g/mol. The second-order valence-electron chi connectivity index (χ2n) is 3.34. The minimum Gasteiger partial charge on any atom is -0.314 e. The second-order valence-corrected chi connectivity index (χ2v) is 5.01. The highest BCUT2D eigenvalue weighted by Gasteiger charge is 2.30. The van der Waals surface area contributed by atoms with Gasteiger partial charge >= 0.3 is 0 Å². The molecule has 0 amide bonds. The first kappa shape index (κ1) is 10.1. The molecule has 4 atom stereocenters. The molecular weight excluding hydrogens is 177 g/mol. The van der Waals surface area contributed by atoms with E-state index in [9.17, 15) is 8.60 Å². The molecule has 1 N–H and O–H groups in total. The maximum atomic E-state index is 13.1. The lowest BCUT2D eigenvalue weighted by Crippen LogP contribution is -2.43. The molecule has 0 radical (unpaired) electrons. The molecule has 12 heavy (non-hydrogen) atoms. The molecule has 4 heteroatoms. The van der Waals surface area contributed by atoms with Crippen LogP contribution in [0.1, 0.15) is 19.3 Å². The van der Waals surface area contributed by atoms with Gasteiger partial charge in [0.15, 0.2) is 0 Å². The normalized spacial score (nSPS) is 39.4. The van der Waals surface area contributed by atoms with Crippen molar-refractivity contribution in [2.24, 2.45) is 0 Å². The summed E-state index contributed by atoms with van der Waals surface area (Å²) in [5.74, 6) is 0. The summed E-state index contributed by atoms with van der Waals surface area (Å²) < 4.78 is 24.3. The lowest BCUT2D eigenvalue weighted by Gasteiger charge is -2.30. The van der Waals surface area contributed by atoms with Crippen LogP contribution in [0, 0.1) is 0 Å². The molecule has 1 aliphatic rings. The smallest absolute Gasteiger partial charge is 0.115 e. The van der Waals surface area contributed by atoms with E-state index in [2.05, 4.69) is 5.32 Å². The lowest BCUT2D eigenvalue weighted by molar-refractivity contribution is 0.199. The van der Waals surface area contributed by atoms with Gasteiger partial charge in [-0.3, -0.25) is 4.21 Å². The molecule has 0 aromatic heterocycles. The van der Waals surface area contributed by atoms with E-state index in [4.69, 9.17) is 0 Å². The predicted molar refractivity (Wildman–Crippen MR) is 49.4 cm³/mol. The fourth-order valence-electron chi connectivity index (χ4n) is 1.70. The molecule has 1 fully saturated rings. The van der Waals surface area contributed by atoms with Gasteiger partial charge in [0.1, 0.15) is 6.17 Å². The first-order valence-corrected chi connectivity index (χ1v) is 5.91. The van der Waals surface area contributed by atoms with Gasteiger partial charge in [-0.2, -0.15) is 0 Å². The van der Waals surface area contributed by atoms with Gasteiger partial charge in [-0.15, -0.1) is 0 Å². The highest BCUT2D eigenvalue weighted by molar-refractivity contribution is 7.84. The van der Waals surface area contributed by atoms with Gasteiger partial charge in [0.05, 0.1) is 0 Å². The Bertz CT molecular complexity index is 176. The topological polar surface area (TPSA) is 29.1 Å². The van der Waals surface area contributed by atoms with E-state index >= 15 is 0 Å². The number of alkyl halides is 1. The molecule has 4 unspecified atom stereocenters. The van der Waals surface area contributed by atoms with Crippen LogP contribution in [-0.4, -0.2) is 35.0 Å². The van der Waals surface area contributed by atoms with Crippen molar-refractivity contribution in [3.05, 3.63) is 0 Å². The maximum absolute atomic E-state index is 13.1. The first-order valence-electron chi connectivity index (χ1n) is 4.28. The molecule has 2 nitrogen and oxygen atoms in total. The number of hydrogen-bond acceptors (Lipinski definition) is 2. The molecule has 1 aliphatic carbocycles. The number of rotatable bonds is 2. The Balaban J connectivity index is 2.49. The molecule has 0 saturated heterocycles. The molecule has 72 valence electrons. The minimum absolute atomic E-state index is 0.0901. The van der Waals surface area contributed by atoms with Crippen LogP contribution >= 0.6 is 0 Å². The quantitative estimate of drug-likeness (QED) is 0.704. The average Bonchev–Trinajstić information content (AvgIpc) is 2.05. The predicted octanol–water partition coefficient (Wildman–Crippen LogP) is 0.843. The van der Waals surface area contributed by atoms with Crippen molar-refractivity contribution in [2.45, 2.75) is 36.7 Å². The van der Waals surface area contributed by atoms with Crippen LogP contribution in [0.4, 0.5) is 4.39 Å².